The van der Waals surface area contributed by atoms with Crippen LogP contribution in [0.4, 0.5) is 18.9 Å². The summed E-state index contributed by atoms with van der Waals surface area (Å²) in [6.45, 7) is 0. The number of rotatable bonds is 6. The standard InChI is InChI=1S/C20H15ClF3N3O5S/c1-31-16-8-11(21)6-7-15(16)32-19-14(10-17(26-27-19)20(22,23)24)18(28)25-12-4-3-5-13(9-12)33(2,29)30/h3-10H,1-2H3,(H,25,28). The summed E-state index contributed by atoms with van der Waals surface area (Å²) >= 11 is 5.89. The molecule has 0 bridgehead atoms. The molecule has 3 aromatic rings. The Kier molecular flexibility index (Phi) is 6.79. The lowest BCUT2D eigenvalue weighted by Crippen LogP contribution is -2.18. The van der Waals surface area contributed by atoms with Crippen LogP contribution in [0, 0.1) is 0 Å². The maximum Gasteiger partial charge on any atom is 0.435 e. The fraction of sp³-hybridized carbons (Fsp3) is 0.150. The van der Waals surface area contributed by atoms with Gasteiger partial charge in [0.25, 0.3) is 11.8 Å². The Labute approximate surface area is 191 Å². The minimum Gasteiger partial charge on any atom is -0.493 e. The Morgan fingerprint density at radius 1 is 1.06 bits per heavy atom. The number of carbonyl (C=O) groups excluding carboxylic acids is 1. The maximum atomic E-state index is 13.2. The van der Waals surface area contributed by atoms with E-state index in [1.54, 1.807) is 0 Å². The molecule has 33 heavy (non-hydrogen) atoms. The predicted molar refractivity (Wildman–Crippen MR) is 113 cm³/mol. The summed E-state index contributed by atoms with van der Waals surface area (Å²) in [5.74, 6) is -1.43. The number of nitrogens with one attached hydrogen (secondary N) is 1. The van der Waals surface area contributed by atoms with Crippen LogP contribution in [0.1, 0.15) is 16.1 Å². The Morgan fingerprint density at radius 2 is 1.79 bits per heavy atom. The number of hydrogen-bond donors (Lipinski definition) is 1. The van der Waals surface area contributed by atoms with Gasteiger partial charge >= 0.3 is 6.18 Å². The lowest BCUT2D eigenvalue weighted by Gasteiger charge is -2.14. The van der Waals surface area contributed by atoms with E-state index in [1.165, 1.54) is 43.5 Å². The zero-order valence-electron chi connectivity index (χ0n) is 17.0. The van der Waals surface area contributed by atoms with Gasteiger partial charge < -0.3 is 14.8 Å². The average molecular weight is 502 g/mol. The van der Waals surface area contributed by atoms with Gasteiger partial charge in [0.15, 0.2) is 27.0 Å². The highest BCUT2D eigenvalue weighted by Gasteiger charge is 2.35. The highest BCUT2D eigenvalue weighted by atomic mass is 35.5. The van der Waals surface area contributed by atoms with E-state index in [-0.39, 0.29) is 22.1 Å². The molecule has 1 heterocycles. The number of ether oxygens (including phenoxy) is 2. The van der Waals surface area contributed by atoms with Crippen LogP contribution in [0.5, 0.6) is 17.4 Å². The minimum atomic E-state index is -4.88. The van der Waals surface area contributed by atoms with Crippen molar-refractivity contribution in [3.8, 4) is 17.4 Å². The summed E-state index contributed by atoms with van der Waals surface area (Å²) in [5.41, 5.74) is -1.99. The van der Waals surface area contributed by atoms with Gasteiger partial charge in [-0.25, -0.2) is 8.42 Å². The third-order valence-corrected chi connectivity index (χ3v) is 5.49. The molecule has 174 valence electrons. The molecule has 0 saturated heterocycles. The van der Waals surface area contributed by atoms with Crippen molar-refractivity contribution in [1.82, 2.24) is 10.2 Å². The number of aromatic nitrogens is 2. The molecular formula is C20H15ClF3N3O5S. The monoisotopic (exact) mass is 501 g/mol. The number of methoxy groups -OCH3 is 1. The molecule has 0 saturated carbocycles. The van der Waals surface area contributed by atoms with Gasteiger partial charge in [-0.05, 0) is 36.4 Å². The summed E-state index contributed by atoms with van der Waals surface area (Å²) in [7, 11) is -2.26. The zero-order chi connectivity index (χ0) is 24.4. The van der Waals surface area contributed by atoms with Crippen LogP contribution in [0.15, 0.2) is 53.4 Å². The number of nitrogens with zero attached hydrogens (tertiary/aromatic N) is 2. The second-order valence-corrected chi connectivity index (χ2v) is 9.05. The molecule has 0 unspecified atom stereocenters. The summed E-state index contributed by atoms with van der Waals surface area (Å²) in [4.78, 5) is 12.8. The average Bonchev–Trinajstić information content (AvgIpc) is 2.74. The highest BCUT2D eigenvalue weighted by Crippen LogP contribution is 2.36. The van der Waals surface area contributed by atoms with Crippen LogP contribution in [0.3, 0.4) is 0 Å². The van der Waals surface area contributed by atoms with Crippen molar-refractivity contribution in [2.75, 3.05) is 18.7 Å². The molecule has 13 heteroatoms. The maximum absolute atomic E-state index is 13.2. The number of alkyl halides is 3. The number of carbonyl (C=O) groups is 1. The molecule has 0 spiro atoms. The van der Waals surface area contributed by atoms with E-state index >= 15 is 0 Å². The van der Waals surface area contributed by atoms with Crippen molar-refractivity contribution in [2.24, 2.45) is 0 Å². The summed E-state index contributed by atoms with van der Waals surface area (Å²) in [6.07, 6.45) is -3.91. The molecule has 0 aliphatic carbocycles. The molecule has 0 aliphatic heterocycles. The van der Waals surface area contributed by atoms with Gasteiger partial charge in [-0.15, -0.1) is 10.2 Å². The molecule has 0 fully saturated rings. The SMILES string of the molecule is COc1cc(Cl)ccc1Oc1nnc(C(F)(F)F)cc1C(=O)Nc1cccc(S(C)(=O)=O)c1. The van der Waals surface area contributed by atoms with Gasteiger partial charge in [0, 0.05) is 23.0 Å². The fourth-order valence-corrected chi connectivity index (χ4v) is 3.42. The number of halogens is 4. The van der Waals surface area contributed by atoms with E-state index in [0.717, 1.165) is 12.3 Å². The van der Waals surface area contributed by atoms with Crippen LogP contribution in [-0.2, 0) is 16.0 Å². The van der Waals surface area contributed by atoms with E-state index in [2.05, 4.69) is 15.5 Å². The van der Waals surface area contributed by atoms with Crippen molar-refractivity contribution >= 4 is 33.0 Å². The number of amides is 1. The van der Waals surface area contributed by atoms with Crippen LogP contribution in [-0.4, -0.2) is 37.9 Å². The first-order valence-electron chi connectivity index (χ1n) is 8.96. The Hall–Kier alpha value is -3.38. The smallest absolute Gasteiger partial charge is 0.435 e. The van der Waals surface area contributed by atoms with Gasteiger partial charge in [0.2, 0.25) is 0 Å². The lowest BCUT2D eigenvalue weighted by atomic mass is 10.2. The van der Waals surface area contributed by atoms with Crippen LogP contribution < -0.4 is 14.8 Å². The Morgan fingerprint density at radius 3 is 2.42 bits per heavy atom. The highest BCUT2D eigenvalue weighted by molar-refractivity contribution is 7.90. The number of hydrogen-bond acceptors (Lipinski definition) is 7. The first-order valence-corrected chi connectivity index (χ1v) is 11.2. The first kappa shape index (κ1) is 24.3. The van der Waals surface area contributed by atoms with E-state index in [9.17, 15) is 26.4 Å². The Balaban J connectivity index is 2.02. The van der Waals surface area contributed by atoms with Gasteiger partial charge in [0.05, 0.1) is 12.0 Å². The quantitative estimate of drug-likeness (QED) is 0.525. The number of sulfone groups is 1. The second kappa shape index (κ2) is 9.24. The molecule has 2 aromatic carbocycles. The van der Waals surface area contributed by atoms with Gasteiger partial charge in [-0.3, -0.25) is 4.79 Å². The molecule has 3 rings (SSSR count). The van der Waals surface area contributed by atoms with Crippen LogP contribution in [0.25, 0.3) is 0 Å². The molecule has 0 atom stereocenters. The Bertz CT molecular complexity index is 1320. The van der Waals surface area contributed by atoms with E-state index in [4.69, 9.17) is 21.1 Å². The van der Waals surface area contributed by atoms with Crippen molar-refractivity contribution in [3.05, 3.63) is 64.8 Å². The van der Waals surface area contributed by atoms with E-state index in [1.807, 2.05) is 0 Å². The van der Waals surface area contributed by atoms with Gasteiger partial charge in [-0.2, -0.15) is 13.2 Å². The summed E-state index contributed by atoms with van der Waals surface area (Å²) in [5, 5.41) is 9.16. The van der Waals surface area contributed by atoms with Gasteiger partial charge in [0.1, 0.15) is 5.56 Å². The number of anilines is 1. The van der Waals surface area contributed by atoms with E-state index in [0.29, 0.717) is 11.1 Å². The van der Waals surface area contributed by atoms with E-state index < -0.39 is 39.1 Å². The summed E-state index contributed by atoms with van der Waals surface area (Å²) in [6, 6.07) is 9.89. The largest absolute Gasteiger partial charge is 0.493 e. The van der Waals surface area contributed by atoms with Crippen molar-refractivity contribution in [3.63, 3.8) is 0 Å². The first-order chi connectivity index (χ1) is 15.4. The van der Waals surface area contributed by atoms with Crippen molar-refractivity contribution in [1.29, 1.82) is 0 Å². The van der Waals surface area contributed by atoms with Crippen LogP contribution in [0.2, 0.25) is 5.02 Å². The normalized spacial score (nSPS) is 11.7. The van der Waals surface area contributed by atoms with Crippen molar-refractivity contribution < 1.29 is 35.9 Å². The molecule has 1 amide bonds. The third kappa shape index (κ3) is 5.90. The third-order valence-electron chi connectivity index (χ3n) is 4.15. The fourth-order valence-electron chi connectivity index (χ4n) is 2.59. The van der Waals surface area contributed by atoms with Crippen molar-refractivity contribution in [2.45, 2.75) is 11.1 Å². The second-order valence-electron chi connectivity index (χ2n) is 6.60. The topological polar surface area (TPSA) is 107 Å². The minimum absolute atomic E-state index is 0.0177. The molecular weight excluding hydrogens is 487 g/mol. The summed E-state index contributed by atoms with van der Waals surface area (Å²) < 4.78 is 73.7. The van der Waals surface area contributed by atoms with Crippen LogP contribution >= 0.6 is 11.6 Å². The number of benzene rings is 2. The molecule has 8 nitrogen and oxygen atoms in total. The predicted octanol–water partition coefficient (Wildman–Crippen LogP) is 4.61. The molecule has 0 radical (unpaired) electrons. The molecule has 0 aliphatic rings. The van der Waals surface area contributed by atoms with Gasteiger partial charge in [-0.1, -0.05) is 17.7 Å². The molecule has 1 N–H and O–H groups in total. The molecule has 1 aromatic heterocycles. The zero-order valence-corrected chi connectivity index (χ0v) is 18.5. The lowest BCUT2D eigenvalue weighted by molar-refractivity contribution is -0.141.